The van der Waals surface area contributed by atoms with Gasteiger partial charge in [0.2, 0.25) is 5.91 Å². The van der Waals surface area contributed by atoms with Crippen LogP contribution in [0.4, 0.5) is 21.6 Å². The SMILES string of the molecule is CC(C)n1cnc2cc(-c3ccc4c(c3)N([C@H]3C[C@@H](N5CCC(C)(C)C5)C3)C(=O)C43CCN(C(=O)C4OCC[C@@H]4C)CC3)nc(Nc3ccncc3F)c21. The summed E-state index contributed by atoms with van der Waals surface area (Å²) < 4.78 is 22.8. The van der Waals surface area contributed by atoms with Crippen molar-refractivity contribution >= 4 is 40.0 Å². The molecular formula is C42H51FN8O3. The molecule has 1 aromatic carbocycles. The van der Waals surface area contributed by atoms with E-state index in [2.05, 4.69) is 72.9 Å². The molecule has 7 heterocycles. The van der Waals surface area contributed by atoms with Crippen molar-refractivity contribution in [2.75, 3.05) is 43.0 Å². The number of imidazole rings is 1. The topological polar surface area (TPSA) is 109 Å². The van der Waals surface area contributed by atoms with E-state index in [1.165, 1.54) is 12.6 Å². The number of ether oxygens (including phenoxy) is 1. The first-order chi connectivity index (χ1) is 25.9. The van der Waals surface area contributed by atoms with Crippen LogP contribution in [0.3, 0.4) is 0 Å². The lowest BCUT2D eigenvalue weighted by Gasteiger charge is -2.46. The van der Waals surface area contributed by atoms with Crippen LogP contribution in [0.5, 0.6) is 0 Å². The number of nitrogens with zero attached hydrogens (tertiary/aromatic N) is 7. The number of hydrogen-bond acceptors (Lipinski definition) is 8. The monoisotopic (exact) mass is 734 g/mol. The highest BCUT2D eigenvalue weighted by Gasteiger charge is 2.56. The Balaban J connectivity index is 1.07. The van der Waals surface area contributed by atoms with Gasteiger partial charge < -0.3 is 24.4 Å². The van der Waals surface area contributed by atoms with Gasteiger partial charge in [-0.05, 0) is 94.0 Å². The molecule has 4 fully saturated rings. The van der Waals surface area contributed by atoms with Gasteiger partial charge in [0.25, 0.3) is 5.91 Å². The number of carbonyl (C=O) groups excluding carboxylic acids is 2. The van der Waals surface area contributed by atoms with Crippen LogP contribution in [-0.2, 0) is 19.7 Å². The lowest BCUT2D eigenvalue weighted by Crippen LogP contribution is -2.58. The van der Waals surface area contributed by atoms with Crippen molar-refractivity contribution in [1.82, 2.24) is 29.3 Å². The number of anilines is 3. The van der Waals surface area contributed by atoms with Crippen LogP contribution >= 0.6 is 0 Å². The Morgan fingerprint density at radius 3 is 2.54 bits per heavy atom. The summed E-state index contributed by atoms with van der Waals surface area (Å²) in [6.45, 7) is 14.8. The van der Waals surface area contributed by atoms with Crippen LogP contribution in [0, 0.1) is 17.2 Å². The summed E-state index contributed by atoms with van der Waals surface area (Å²) in [4.78, 5) is 48.9. The van der Waals surface area contributed by atoms with Crippen molar-refractivity contribution in [1.29, 1.82) is 0 Å². The van der Waals surface area contributed by atoms with Crippen molar-refractivity contribution in [3.63, 3.8) is 0 Å². The number of piperidine rings is 1. The second-order valence-corrected chi connectivity index (χ2v) is 17.5. The van der Waals surface area contributed by atoms with E-state index in [1.807, 2.05) is 15.5 Å². The standard InChI is InChI=1S/C42H51FN8O3/c1-25(2)50-24-45-34-21-33(47-38(36(34)50)46-32-8-13-44-22-31(32)43)27-6-7-30-35(18-27)51(29-19-28(20-29)49-14-10-41(4,5)23-49)40(53)42(30)11-15-48(16-12-42)39(52)37-26(3)9-17-54-37/h6-8,13,18,21-22,24-26,28-29,37H,9-12,14-17,19-20,23H2,1-5H3,(H,44,46,47)/t26-,28-,29+,37?/m0/s1. The van der Waals surface area contributed by atoms with Gasteiger partial charge in [0.15, 0.2) is 11.6 Å². The van der Waals surface area contributed by atoms with Crippen LogP contribution in [-0.4, -0.2) is 92.1 Å². The van der Waals surface area contributed by atoms with E-state index in [-0.39, 0.29) is 35.5 Å². The summed E-state index contributed by atoms with van der Waals surface area (Å²) in [5, 5.41) is 3.23. The van der Waals surface area contributed by atoms with Crippen LogP contribution in [0.25, 0.3) is 22.3 Å². The molecule has 1 unspecified atom stereocenters. The average Bonchev–Trinajstić information content (AvgIpc) is 3.91. The second-order valence-electron chi connectivity index (χ2n) is 17.5. The number of amides is 2. The second kappa shape index (κ2) is 13.1. The molecule has 4 aromatic rings. The molecule has 5 aliphatic rings. The van der Waals surface area contributed by atoms with Crippen molar-refractivity contribution in [2.45, 2.75) is 103 Å². The fraction of sp³-hybridized carbons (Fsp3) is 0.548. The molecule has 3 saturated heterocycles. The number of aromatic nitrogens is 4. The maximum Gasteiger partial charge on any atom is 0.251 e. The van der Waals surface area contributed by atoms with Gasteiger partial charge in [-0.3, -0.25) is 19.5 Å². The molecule has 3 aromatic heterocycles. The molecule has 2 atom stereocenters. The first-order valence-electron chi connectivity index (χ1n) is 19.8. The predicted molar refractivity (Wildman–Crippen MR) is 206 cm³/mol. The summed E-state index contributed by atoms with van der Waals surface area (Å²) in [6.07, 6.45) is 9.30. The minimum Gasteiger partial charge on any atom is -0.368 e. The fourth-order valence-electron chi connectivity index (χ4n) is 9.72. The van der Waals surface area contributed by atoms with Gasteiger partial charge in [-0.2, -0.15) is 0 Å². The number of fused-ring (bicyclic) bond motifs is 3. The first kappa shape index (κ1) is 35.3. The lowest BCUT2D eigenvalue weighted by atomic mass is 9.73. The predicted octanol–water partition coefficient (Wildman–Crippen LogP) is 6.85. The third-order valence-electron chi connectivity index (χ3n) is 13.1. The lowest BCUT2D eigenvalue weighted by molar-refractivity contribution is -0.145. The summed E-state index contributed by atoms with van der Waals surface area (Å²) in [6, 6.07) is 10.6. The Hall–Kier alpha value is -4.42. The highest BCUT2D eigenvalue weighted by atomic mass is 19.1. The maximum atomic E-state index is 15.0. The van der Waals surface area contributed by atoms with Crippen molar-refractivity contribution in [2.24, 2.45) is 11.3 Å². The average molecular weight is 735 g/mol. The largest absolute Gasteiger partial charge is 0.368 e. The molecule has 9 rings (SSSR count). The number of halogens is 1. The molecule has 1 N–H and O–H groups in total. The number of carbonyl (C=O) groups is 2. The van der Waals surface area contributed by atoms with E-state index in [0.717, 1.165) is 60.2 Å². The van der Waals surface area contributed by atoms with Gasteiger partial charge in [-0.25, -0.2) is 14.4 Å². The number of hydrogen-bond donors (Lipinski definition) is 1. The molecule has 1 saturated carbocycles. The van der Waals surface area contributed by atoms with E-state index in [1.54, 1.807) is 18.6 Å². The van der Waals surface area contributed by atoms with Crippen LogP contribution in [0.15, 0.2) is 49.1 Å². The molecule has 54 heavy (non-hydrogen) atoms. The zero-order valence-corrected chi connectivity index (χ0v) is 32.0. The molecule has 2 amide bonds. The number of pyridine rings is 2. The summed E-state index contributed by atoms with van der Waals surface area (Å²) in [7, 11) is 0. The minimum atomic E-state index is -0.688. The smallest absolute Gasteiger partial charge is 0.251 e. The highest BCUT2D eigenvalue weighted by molar-refractivity contribution is 6.09. The van der Waals surface area contributed by atoms with Crippen molar-refractivity contribution in [3.05, 3.63) is 60.4 Å². The number of nitrogens with one attached hydrogen (secondary N) is 1. The third-order valence-corrected chi connectivity index (χ3v) is 13.1. The van der Waals surface area contributed by atoms with Gasteiger partial charge in [0, 0.05) is 61.8 Å². The van der Waals surface area contributed by atoms with Gasteiger partial charge in [-0.15, -0.1) is 0 Å². The van der Waals surface area contributed by atoms with Gasteiger partial charge in [0.05, 0.1) is 34.8 Å². The quantitative estimate of drug-likeness (QED) is 0.220. The molecule has 1 aliphatic carbocycles. The Morgan fingerprint density at radius 2 is 1.85 bits per heavy atom. The van der Waals surface area contributed by atoms with E-state index in [9.17, 15) is 14.0 Å². The Morgan fingerprint density at radius 1 is 1.06 bits per heavy atom. The Kier molecular flexibility index (Phi) is 8.57. The molecular weight excluding hydrogens is 684 g/mol. The van der Waals surface area contributed by atoms with E-state index in [0.29, 0.717) is 55.5 Å². The molecule has 1 spiro atoms. The number of benzene rings is 1. The first-order valence-corrected chi connectivity index (χ1v) is 19.8. The molecule has 284 valence electrons. The van der Waals surface area contributed by atoms with Crippen molar-refractivity contribution < 1.29 is 18.7 Å². The fourth-order valence-corrected chi connectivity index (χ4v) is 9.72. The number of likely N-dealkylation sites (tertiary alicyclic amines) is 2. The highest BCUT2D eigenvalue weighted by Crippen LogP contribution is 2.52. The summed E-state index contributed by atoms with van der Waals surface area (Å²) >= 11 is 0. The van der Waals surface area contributed by atoms with Crippen LogP contribution in [0.1, 0.15) is 84.7 Å². The molecule has 11 nitrogen and oxygen atoms in total. The Bertz CT molecular complexity index is 2120. The normalized spacial score (nSPS) is 26.2. The Labute approximate surface area is 316 Å². The maximum absolute atomic E-state index is 15.0. The minimum absolute atomic E-state index is 0.0560. The summed E-state index contributed by atoms with van der Waals surface area (Å²) in [5.41, 5.74) is 4.97. The van der Waals surface area contributed by atoms with Crippen molar-refractivity contribution in [3.8, 4) is 11.3 Å². The third kappa shape index (κ3) is 5.79. The molecule has 4 aliphatic heterocycles. The van der Waals surface area contributed by atoms with Gasteiger partial charge in [0.1, 0.15) is 11.6 Å². The van der Waals surface area contributed by atoms with Crippen LogP contribution in [0.2, 0.25) is 0 Å². The van der Waals surface area contributed by atoms with Gasteiger partial charge >= 0.3 is 0 Å². The van der Waals surface area contributed by atoms with E-state index in [4.69, 9.17) is 14.7 Å². The van der Waals surface area contributed by atoms with Gasteiger partial charge in [-0.1, -0.05) is 32.9 Å². The zero-order valence-electron chi connectivity index (χ0n) is 32.0. The molecule has 12 heteroatoms. The zero-order chi connectivity index (χ0) is 37.5. The van der Waals surface area contributed by atoms with Crippen LogP contribution < -0.4 is 10.2 Å². The molecule has 0 radical (unpaired) electrons. The van der Waals surface area contributed by atoms with E-state index >= 15 is 0 Å². The van der Waals surface area contributed by atoms with E-state index < -0.39 is 17.3 Å². The molecule has 0 bridgehead atoms. The summed E-state index contributed by atoms with van der Waals surface area (Å²) in [5.74, 6) is 0.444. The number of rotatable bonds is 7.